The highest BCUT2D eigenvalue weighted by Crippen LogP contribution is 2.45. The molecule has 0 bridgehead atoms. The molecule has 8 heteroatoms. The van der Waals surface area contributed by atoms with Gasteiger partial charge in [-0.1, -0.05) is 95.3 Å². The Hall–Kier alpha value is -1.49. The number of methoxy groups -OCH3 is 2. The van der Waals surface area contributed by atoms with Crippen LogP contribution in [-0.4, -0.2) is 55.6 Å². The van der Waals surface area contributed by atoms with E-state index in [1.807, 2.05) is 18.2 Å². The Bertz CT molecular complexity index is 848. The van der Waals surface area contributed by atoms with Crippen molar-refractivity contribution in [1.82, 2.24) is 0 Å². The highest BCUT2D eigenvalue weighted by Gasteiger charge is 2.66. The molecule has 0 N–H and O–H groups in total. The molecule has 0 radical (unpaired) electrons. The Morgan fingerprint density at radius 1 is 0.844 bits per heavy atom. The van der Waals surface area contributed by atoms with E-state index in [1.54, 1.807) is 0 Å². The van der Waals surface area contributed by atoms with Gasteiger partial charge < -0.3 is 9.47 Å². The van der Waals surface area contributed by atoms with E-state index >= 15 is 0 Å². The molecule has 1 aromatic carbocycles. The van der Waals surface area contributed by atoms with E-state index in [-0.39, 0.29) is 11.9 Å². The molecule has 0 unspecified atom stereocenters. The monoisotopic (exact) mass is 506 g/mol. The molecule has 0 aromatic heterocycles. The van der Waals surface area contributed by atoms with Crippen LogP contribution in [0.25, 0.3) is 6.08 Å². The first kappa shape index (κ1) is 28.5. The molecule has 0 saturated heterocycles. The van der Waals surface area contributed by atoms with E-state index in [4.69, 9.17) is 9.47 Å². The fraction of sp³-hybridized carbons (Fsp3) is 0.500. The van der Waals surface area contributed by atoms with Crippen molar-refractivity contribution in [2.75, 3.05) is 14.2 Å². The molecule has 0 aliphatic rings. The number of carbonyl (C=O) groups excluding carboxylic acids is 2. The lowest BCUT2D eigenvalue weighted by Crippen LogP contribution is -2.85. The van der Waals surface area contributed by atoms with Gasteiger partial charge in [-0.3, -0.25) is 0 Å². The van der Waals surface area contributed by atoms with Crippen LogP contribution in [0.4, 0.5) is 0 Å². The van der Waals surface area contributed by atoms with E-state index < -0.39 is 29.4 Å². The normalized spacial score (nSPS) is 13.5. The Morgan fingerprint density at radius 3 is 1.72 bits per heavy atom. The minimum Gasteiger partial charge on any atom is -0.466 e. The molecule has 0 atom stereocenters. The maximum atomic E-state index is 13.5. The van der Waals surface area contributed by atoms with Gasteiger partial charge in [0.05, 0.1) is 20.8 Å². The van der Waals surface area contributed by atoms with Crippen LogP contribution < -0.4 is 0 Å². The van der Waals surface area contributed by atoms with Crippen LogP contribution in [-0.2, 0) is 19.1 Å². The zero-order valence-electron chi connectivity index (χ0n) is 21.7. The molecule has 1 rings (SSSR count). The highest BCUT2D eigenvalue weighted by molar-refractivity contribution is 7.92. The summed E-state index contributed by atoms with van der Waals surface area (Å²) in [5.74, 6) is -0.506. The summed E-state index contributed by atoms with van der Waals surface area (Å²) in [6, 6.07) is 11.1. The van der Waals surface area contributed by atoms with Crippen LogP contribution in [0.5, 0.6) is 0 Å². The number of ether oxygens (including phenoxy) is 2. The lowest BCUT2D eigenvalue weighted by atomic mass is 10.2. The van der Waals surface area contributed by atoms with Crippen molar-refractivity contribution in [2.45, 2.75) is 64.8 Å². The molecule has 0 heterocycles. The second-order valence-corrected chi connectivity index (χ2v) is 50.8. The smallest absolute Gasteiger partial charge is 0.333 e. The average Bonchev–Trinajstić information content (AvgIpc) is 2.68. The highest BCUT2D eigenvalue weighted by atomic mass is 29.9. The Morgan fingerprint density at radius 2 is 1.31 bits per heavy atom. The molecular formula is C24H42O4Si4. The quantitative estimate of drug-likeness (QED) is 0.223. The van der Waals surface area contributed by atoms with Gasteiger partial charge in [0.2, 0.25) is 0 Å². The third-order valence-corrected chi connectivity index (χ3v) is 77.8. The van der Waals surface area contributed by atoms with E-state index in [9.17, 15) is 9.59 Å². The van der Waals surface area contributed by atoms with E-state index in [1.165, 1.54) is 14.2 Å². The molecule has 0 fully saturated rings. The second-order valence-electron chi connectivity index (χ2n) is 11.2. The van der Waals surface area contributed by atoms with Crippen LogP contribution in [0.2, 0.25) is 58.4 Å². The fourth-order valence-corrected chi connectivity index (χ4v) is 105. The van der Waals surface area contributed by atoms with Crippen LogP contribution in [0.15, 0.2) is 47.7 Å². The molecule has 4 nitrogen and oxygen atoms in total. The first-order valence-electron chi connectivity index (χ1n) is 11.2. The Kier molecular flexibility index (Phi) is 9.48. The molecule has 32 heavy (non-hydrogen) atoms. The van der Waals surface area contributed by atoms with Crippen molar-refractivity contribution >= 4 is 47.4 Å². The lowest BCUT2D eigenvalue weighted by Gasteiger charge is -2.59. The Balaban J connectivity index is 3.89. The van der Waals surface area contributed by atoms with Crippen LogP contribution >= 0.6 is 0 Å². The zero-order chi connectivity index (χ0) is 25.0. The van der Waals surface area contributed by atoms with Gasteiger partial charge in [-0.05, 0) is 18.1 Å². The van der Waals surface area contributed by atoms with E-state index in [0.29, 0.717) is 12.0 Å². The second kappa shape index (κ2) is 10.6. The lowest BCUT2D eigenvalue weighted by molar-refractivity contribution is -0.136. The van der Waals surface area contributed by atoms with Crippen molar-refractivity contribution in [2.24, 2.45) is 0 Å². The number of hydrogen-bond donors (Lipinski definition) is 0. The summed E-state index contributed by atoms with van der Waals surface area (Å²) in [5, 5.41) is 0.963. The minimum atomic E-state index is -2.32. The van der Waals surface area contributed by atoms with Crippen molar-refractivity contribution in [1.29, 1.82) is 0 Å². The number of hydrogen-bond acceptors (Lipinski definition) is 4. The van der Waals surface area contributed by atoms with E-state index in [0.717, 1.165) is 16.8 Å². The zero-order valence-corrected chi connectivity index (χ0v) is 25.7. The van der Waals surface area contributed by atoms with Gasteiger partial charge in [0.15, 0.2) is 0 Å². The third-order valence-electron chi connectivity index (χ3n) is 6.71. The number of carbonyl (C=O) groups is 2. The predicted molar refractivity (Wildman–Crippen MR) is 147 cm³/mol. The molecule has 0 spiro atoms. The van der Waals surface area contributed by atoms with Gasteiger partial charge in [0.1, 0.15) is 0 Å². The summed E-state index contributed by atoms with van der Waals surface area (Å²) in [4.78, 5) is 25.6. The average molecular weight is 507 g/mol. The molecule has 0 aliphatic heterocycles. The number of rotatable bonds is 10. The topological polar surface area (TPSA) is 52.6 Å². The van der Waals surface area contributed by atoms with Gasteiger partial charge in [-0.15, -0.1) is 0 Å². The summed E-state index contributed by atoms with van der Waals surface area (Å²) in [6.45, 7) is 21.2. The third kappa shape index (κ3) is 5.70. The summed E-state index contributed by atoms with van der Waals surface area (Å²) < 4.78 is 10.4. The SMILES string of the molecule is C=C(CC[Si](C)(C)[Si](/C(=C/c1ccccc1)C(=O)OC)([Si](C)(C)C)[Si](C)(C)C)C(=O)OC. The van der Waals surface area contributed by atoms with Crippen molar-refractivity contribution < 1.29 is 19.1 Å². The van der Waals surface area contributed by atoms with Gasteiger partial charge in [-0.2, -0.15) is 0 Å². The summed E-state index contributed by atoms with van der Waals surface area (Å²) in [5.41, 5.74) is 1.57. The number of esters is 2. The minimum absolute atomic E-state index is 0.169. The predicted octanol–water partition coefficient (Wildman–Crippen LogP) is 5.97. The first-order valence-corrected chi connectivity index (χ1v) is 26.4. The maximum Gasteiger partial charge on any atom is 0.333 e. The van der Waals surface area contributed by atoms with Gasteiger partial charge in [0.25, 0.3) is 0 Å². The van der Waals surface area contributed by atoms with Gasteiger partial charge >= 0.3 is 11.9 Å². The van der Waals surface area contributed by atoms with Crippen LogP contribution in [0.1, 0.15) is 12.0 Å². The standard InChI is InChI=1S/C24H42O4Si4/c1-20(23(25)27-2)17-18-31(10,11)32(29(4,5)6,30(7,8)9)22(24(26)28-3)19-21-15-13-12-14-16-21/h12-16,19H,1,17-18H2,2-11H3/b22-19+. The van der Waals surface area contributed by atoms with Gasteiger partial charge in [-0.25, -0.2) is 9.59 Å². The maximum absolute atomic E-state index is 13.5. The van der Waals surface area contributed by atoms with Crippen LogP contribution in [0.3, 0.4) is 0 Å². The Labute approximate surface area is 198 Å². The molecule has 0 aliphatic carbocycles. The van der Waals surface area contributed by atoms with Crippen LogP contribution in [0, 0.1) is 0 Å². The fourth-order valence-electron chi connectivity index (χ4n) is 6.37. The largest absolute Gasteiger partial charge is 0.466 e. The van der Waals surface area contributed by atoms with E-state index in [2.05, 4.69) is 77.2 Å². The van der Waals surface area contributed by atoms with Crippen molar-refractivity contribution in [3.05, 3.63) is 53.2 Å². The molecule has 178 valence electrons. The van der Waals surface area contributed by atoms with Crippen molar-refractivity contribution in [3.8, 4) is 0 Å². The molecular weight excluding hydrogens is 465 g/mol. The molecule has 0 saturated carbocycles. The molecule has 0 amide bonds. The summed E-state index contributed by atoms with van der Waals surface area (Å²) in [7, 11) is -2.87. The first-order chi connectivity index (χ1) is 14.6. The van der Waals surface area contributed by atoms with Gasteiger partial charge in [0, 0.05) is 33.5 Å². The molecule has 1 aromatic rings. The summed E-state index contributed by atoms with van der Waals surface area (Å²) >= 11 is 0. The number of benzene rings is 1. The van der Waals surface area contributed by atoms with Crippen molar-refractivity contribution in [3.63, 3.8) is 0 Å². The summed E-state index contributed by atoms with van der Waals surface area (Å²) in [6.07, 6.45) is 2.76.